The highest BCUT2D eigenvalue weighted by molar-refractivity contribution is 7.16. The van der Waals surface area contributed by atoms with E-state index in [0.717, 1.165) is 49.0 Å². The molecule has 1 unspecified atom stereocenters. The number of carbonyl (C=O) groups is 3. The number of amides is 4. The standard InChI is InChI=1S/C22H28N4O3S/c1-4-22(2,3)13-5-8-15-16(10-23)20(30-17(15)9-13)24-18(27)11-26-19(28)12-25(21(26)29)14-6-7-14/h13-14H,4-9,11-12H2,1-3H3,(H,24,27). The minimum atomic E-state index is -0.435. The fourth-order valence-corrected chi connectivity index (χ4v) is 5.74. The molecule has 7 nitrogen and oxygen atoms in total. The molecule has 160 valence electrons. The Bertz CT molecular complexity index is 941. The summed E-state index contributed by atoms with van der Waals surface area (Å²) < 4.78 is 0. The third kappa shape index (κ3) is 3.71. The SMILES string of the molecule is CCC(C)(C)C1CCc2c(sc(NC(=O)CN3C(=O)CN(C4CC4)C3=O)c2C#N)C1. The van der Waals surface area contributed by atoms with Gasteiger partial charge in [0.05, 0.1) is 5.56 Å². The smallest absolute Gasteiger partial charge is 0.315 e. The Labute approximate surface area is 181 Å². The van der Waals surface area contributed by atoms with Crippen molar-refractivity contribution in [1.29, 1.82) is 5.26 Å². The number of nitriles is 1. The zero-order valence-corrected chi connectivity index (χ0v) is 18.6. The summed E-state index contributed by atoms with van der Waals surface area (Å²) in [6.45, 7) is 6.54. The maximum Gasteiger partial charge on any atom is 0.327 e. The molecule has 0 bridgehead atoms. The van der Waals surface area contributed by atoms with Crippen LogP contribution in [-0.2, 0) is 22.4 Å². The maximum atomic E-state index is 12.6. The molecule has 0 spiro atoms. The quantitative estimate of drug-likeness (QED) is 0.702. The number of hydrogen-bond donors (Lipinski definition) is 1. The molecule has 4 rings (SSSR count). The summed E-state index contributed by atoms with van der Waals surface area (Å²) in [6.07, 6.45) is 5.74. The number of nitrogens with zero attached hydrogens (tertiary/aromatic N) is 3. The Hall–Kier alpha value is -2.40. The van der Waals surface area contributed by atoms with Crippen LogP contribution >= 0.6 is 11.3 Å². The van der Waals surface area contributed by atoms with Gasteiger partial charge in [-0.15, -0.1) is 11.3 Å². The number of carbonyl (C=O) groups excluding carboxylic acids is 3. The van der Waals surface area contributed by atoms with Crippen LogP contribution in [-0.4, -0.2) is 46.8 Å². The van der Waals surface area contributed by atoms with Crippen LogP contribution in [0.3, 0.4) is 0 Å². The highest BCUT2D eigenvalue weighted by atomic mass is 32.1. The van der Waals surface area contributed by atoms with Gasteiger partial charge >= 0.3 is 6.03 Å². The summed E-state index contributed by atoms with van der Waals surface area (Å²) in [5, 5.41) is 13.0. The largest absolute Gasteiger partial charge is 0.327 e. The van der Waals surface area contributed by atoms with E-state index in [2.05, 4.69) is 32.2 Å². The zero-order chi connectivity index (χ0) is 21.6. The fourth-order valence-electron chi connectivity index (χ4n) is 4.45. The molecule has 2 fully saturated rings. The molecule has 3 aliphatic rings. The van der Waals surface area contributed by atoms with Crippen LogP contribution in [0.4, 0.5) is 9.80 Å². The van der Waals surface area contributed by atoms with Crippen LogP contribution < -0.4 is 5.32 Å². The van der Waals surface area contributed by atoms with Crippen LogP contribution in [0, 0.1) is 22.7 Å². The van der Waals surface area contributed by atoms with Gasteiger partial charge in [-0.05, 0) is 49.0 Å². The molecule has 1 aromatic rings. The van der Waals surface area contributed by atoms with Crippen molar-refractivity contribution in [2.45, 2.75) is 65.3 Å². The van der Waals surface area contributed by atoms with E-state index in [1.54, 1.807) is 4.90 Å². The number of hydrogen-bond acceptors (Lipinski definition) is 5. The van der Waals surface area contributed by atoms with Gasteiger partial charge in [0, 0.05) is 10.9 Å². The summed E-state index contributed by atoms with van der Waals surface area (Å²) in [4.78, 5) is 41.0. The van der Waals surface area contributed by atoms with Gasteiger partial charge in [-0.1, -0.05) is 27.2 Å². The molecule has 1 aromatic heterocycles. The summed E-state index contributed by atoms with van der Waals surface area (Å²) in [5.74, 6) is -0.218. The van der Waals surface area contributed by atoms with Crippen LogP contribution in [0.25, 0.3) is 0 Å². The van der Waals surface area contributed by atoms with Gasteiger partial charge in [-0.3, -0.25) is 14.5 Å². The van der Waals surface area contributed by atoms with Crippen LogP contribution in [0.5, 0.6) is 0 Å². The fraction of sp³-hybridized carbons (Fsp3) is 0.636. The van der Waals surface area contributed by atoms with Crippen molar-refractivity contribution in [2.24, 2.45) is 11.3 Å². The predicted molar refractivity (Wildman–Crippen MR) is 114 cm³/mol. The second-order valence-electron chi connectivity index (χ2n) is 9.27. The number of rotatable bonds is 6. The monoisotopic (exact) mass is 428 g/mol. The Balaban J connectivity index is 1.46. The average molecular weight is 429 g/mol. The molecule has 8 heteroatoms. The minimum absolute atomic E-state index is 0.0577. The normalized spacial score (nSPS) is 21.6. The van der Waals surface area contributed by atoms with Crippen molar-refractivity contribution >= 4 is 34.2 Å². The van der Waals surface area contributed by atoms with Gasteiger partial charge in [0.25, 0.3) is 5.91 Å². The van der Waals surface area contributed by atoms with E-state index in [1.807, 2.05) is 0 Å². The average Bonchev–Trinajstić information content (AvgIpc) is 3.44. The molecule has 1 aliphatic heterocycles. The molecule has 2 heterocycles. The first-order valence-electron chi connectivity index (χ1n) is 10.7. The first kappa shape index (κ1) is 20.9. The summed E-state index contributed by atoms with van der Waals surface area (Å²) in [5.41, 5.74) is 1.82. The maximum absolute atomic E-state index is 12.6. The minimum Gasteiger partial charge on any atom is -0.315 e. The molecular formula is C22H28N4O3S. The molecule has 1 saturated carbocycles. The summed E-state index contributed by atoms with van der Waals surface area (Å²) >= 11 is 1.47. The summed E-state index contributed by atoms with van der Waals surface area (Å²) in [6, 6.07) is 2.02. The highest BCUT2D eigenvalue weighted by Gasteiger charge is 2.44. The number of imide groups is 1. The van der Waals surface area contributed by atoms with Crippen molar-refractivity contribution < 1.29 is 14.4 Å². The number of urea groups is 1. The molecule has 0 radical (unpaired) electrons. The number of anilines is 1. The van der Waals surface area contributed by atoms with Crippen molar-refractivity contribution in [1.82, 2.24) is 9.80 Å². The molecule has 2 aliphatic carbocycles. The first-order chi connectivity index (χ1) is 14.2. The topological polar surface area (TPSA) is 93.5 Å². The van der Waals surface area contributed by atoms with Crippen LogP contribution in [0.15, 0.2) is 0 Å². The van der Waals surface area contributed by atoms with Gasteiger partial charge in [0.15, 0.2) is 0 Å². The van der Waals surface area contributed by atoms with Gasteiger partial charge in [-0.25, -0.2) is 4.79 Å². The van der Waals surface area contributed by atoms with E-state index in [0.29, 0.717) is 16.5 Å². The number of fused-ring (bicyclic) bond motifs is 1. The van der Waals surface area contributed by atoms with Crippen molar-refractivity contribution in [3.8, 4) is 6.07 Å². The molecular weight excluding hydrogens is 400 g/mol. The van der Waals surface area contributed by atoms with Crippen molar-refractivity contribution in [3.05, 3.63) is 16.0 Å². The molecule has 1 N–H and O–H groups in total. The number of thiophene rings is 1. The summed E-state index contributed by atoms with van der Waals surface area (Å²) in [7, 11) is 0. The molecule has 4 amide bonds. The lowest BCUT2D eigenvalue weighted by Crippen LogP contribution is -2.39. The highest BCUT2D eigenvalue weighted by Crippen LogP contribution is 2.45. The van der Waals surface area contributed by atoms with Gasteiger partial charge in [0.2, 0.25) is 5.91 Å². The van der Waals surface area contributed by atoms with Crippen LogP contribution in [0.2, 0.25) is 0 Å². The Morgan fingerprint density at radius 2 is 2.03 bits per heavy atom. The molecule has 0 aromatic carbocycles. The van der Waals surface area contributed by atoms with E-state index < -0.39 is 5.91 Å². The second kappa shape index (κ2) is 7.69. The predicted octanol–water partition coefficient (Wildman–Crippen LogP) is 3.53. The zero-order valence-electron chi connectivity index (χ0n) is 17.8. The third-order valence-corrected chi connectivity index (χ3v) is 8.19. The first-order valence-corrected chi connectivity index (χ1v) is 11.5. The second-order valence-corrected chi connectivity index (χ2v) is 10.4. The van der Waals surface area contributed by atoms with Gasteiger partial charge in [-0.2, -0.15) is 5.26 Å². The number of nitrogens with one attached hydrogen (secondary N) is 1. The van der Waals surface area contributed by atoms with Crippen molar-refractivity contribution in [3.63, 3.8) is 0 Å². The lowest BCUT2D eigenvalue weighted by molar-refractivity contribution is -0.129. The Morgan fingerprint density at radius 3 is 2.67 bits per heavy atom. The molecule has 1 saturated heterocycles. The Morgan fingerprint density at radius 1 is 1.30 bits per heavy atom. The van der Waals surface area contributed by atoms with Crippen LogP contribution in [0.1, 0.15) is 62.5 Å². The van der Waals surface area contributed by atoms with E-state index in [9.17, 15) is 19.6 Å². The van der Waals surface area contributed by atoms with Gasteiger partial charge in [0.1, 0.15) is 24.2 Å². The van der Waals surface area contributed by atoms with E-state index >= 15 is 0 Å². The van der Waals surface area contributed by atoms with Gasteiger partial charge < -0.3 is 10.2 Å². The van der Waals surface area contributed by atoms with Crippen molar-refractivity contribution in [2.75, 3.05) is 18.4 Å². The third-order valence-electron chi connectivity index (χ3n) is 7.02. The molecule has 1 atom stereocenters. The lowest BCUT2D eigenvalue weighted by Gasteiger charge is -2.36. The Kier molecular flexibility index (Phi) is 5.35. The van der Waals surface area contributed by atoms with E-state index in [1.165, 1.54) is 16.2 Å². The molecule has 30 heavy (non-hydrogen) atoms. The van der Waals surface area contributed by atoms with E-state index in [4.69, 9.17) is 0 Å². The lowest BCUT2D eigenvalue weighted by atomic mass is 9.69. The van der Waals surface area contributed by atoms with E-state index in [-0.39, 0.29) is 36.5 Å².